The molecule has 31 heavy (non-hydrogen) atoms. The maximum atomic E-state index is 14.7. The van der Waals surface area contributed by atoms with E-state index in [0.717, 1.165) is 5.56 Å². The summed E-state index contributed by atoms with van der Waals surface area (Å²) in [6.07, 6.45) is 0.510. The molecule has 0 atom stereocenters. The van der Waals surface area contributed by atoms with Gasteiger partial charge in [-0.2, -0.15) is 0 Å². The Labute approximate surface area is 179 Å². The van der Waals surface area contributed by atoms with Crippen molar-refractivity contribution in [2.24, 2.45) is 0 Å². The Kier molecular flexibility index (Phi) is 5.68. The molecule has 0 saturated carbocycles. The SMILES string of the molecule is COc1c(C)cc2cc1S(=O)(=O)Nc1cc(c(F)cc1F)-c1ccccc1CCOC2. The highest BCUT2D eigenvalue weighted by Gasteiger charge is 2.25. The molecule has 5 nitrogen and oxygen atoms in total. The van der Waals surface area contributed by atoms with E-state index in [2.05, 4.69) is 4.72 Å². The highest BCUT2D eigenvalue weighted by Crippen LogP contribution is 2.35. The van der Waals surface area contributed by atoms with Crippen LogP contribution in [0.4, 0.5) is 14.5 Å². The van der Waals surface area contributed by atoms with E-state index in [1.807, 2.05) is 12.1 Å². The summed E-state index contributed by atoms with van der Waals surface area (Å²) in [4.78, 5) is -0.142. The van der Waals surface area contributed by atoms with E-state index in [4.69, 9.17) is 9.47 Å². The molecule has 4 bridgehead atoms. The molecule has 8 heteroatoms. The molecule has 0 aliphatic carbocycles. The first-order valence-corrected chi connectivity index (χ1v) is 11.1. The monoisotopic (exact) mass is 445 g/mol. The molecular formula is C23H21F2NO4S. The molecule has 0 unspecified atom stereocenters. The van der Waals surface area contributed by atoms with Crippen molar-refractivity contribution in [3.63, 3.8) is 0 Å². The first-order valence-electron chi connectivity index (χ1n) is 9.65. The molecule has 0 spiro atoms. The summed E-state index contributed by atoms with van der Waals surface area (Å²) >= 11 is 0. The summed E-state index contributed by atoms with van der Waals surface area (Å²) in [6.45, 7) is 2.25. The molecule has 0 amide bonds. The zero-order valence-electron chi connectivity index (χ0n) is 17.0. The normalized spacial score (nSPS) is 15.4. The van der Waals surface area contributed by atoms with E-state index in [-0.39, 0.29) is 28.5 Å². The zero-order chi connectivity index (χ0) is 22.2. The fraction of sp³-hybridized carbons (Fsp3) is 0.217. The van der Waals surface area contributed by atoms with Crippen LogP contribution >= 0.6 is 0 Å². The number of hydrogen-bond acceptors (Lipinski definition) is 4. The third-order valence-electron chi connectivity index (χ3n) is 5.19. The smallest absolute Gasteiger partial charge is 0.265 e. The lowest BCUT2D eigenvalue weighted by molar-refractivity contribution is 0.123. The standard InChI is InChI=1S/C23H21F2NO4S/c1-14-9-15-10-22(23(14)29-2)31(27,28)26-21-11-18(19(24)12-20(21)25)17-6-4-3-5-16(17)7-8-30-13-15/h3-6,9-12,26H,7-8,13H2,1-2H3. The largest absolute Gasteiger partial charge is 0.495 e. The molecule has 1 aliphatic heterocycles. The van der Waals surface area contributed by atoms with Crippen LogP contribution in [-0.2, 0) is 27.8 Å². The summed E-state index contributed by atoms with van der Waals surface area (Å²) in [5.74, 6) is -1.64. The molecular weight excluding hydrogens is 424 g/mol. The first-order chi connectivity index (χ1) is 14.8. The van der Waals surface area contributed by atoms with Crippen molar-refractivity contribution in [2.45, 2.75) is 24.8 Å². The second-order valence-corrected chi connectivity index (χ2v) is 8.97. The van der Waals surface area contributed by atoms with Crippen molar-refractivity contribution in [1.82, 2.24) is 0 Å². The minimum Gasteiger partial charge on any atom is -0.495 e. The van der Waals surface area contributed by atoms with Crippen molar-refractivity contribution in [3.05, 3.63) is 76.9 Å². The van der Waals surface area contributed by atoms with Crippen molar-refractivity contribution in [1.29, 1.82) is 0 Å². The number of aryl methyl sites for hydroxylation is 1. The van der Waals surface area contributed by atoms with Crippen LogP contribution in [0.15, 0.2) is 53.4 Å². The molecule has 1 aliphatic rings. The molecule has 0 aromatic heterocycles. The average Bonchev–Trinajstić information content (AvgIpc) is 2.72. The number of fused-ring (bicyclic) bond motifs is 6. The molecule has 162 valence electrons. The van der Waals surface area contributed by atoms with Gasteiger partial charge in [0.05, 0.1) is 26.0 Å². The molecule has 0 saturated heterocycles. The summed E-state index contributed by atoms with van der Waals surface area (Å²) in [5.41, 5.74) is 2.36. The summed E-state index contributed by atoms with van der Waals surface area (Å²) < 4.78 is 68.9. The fourth-order valence-corrected chi connectivity index (χ4v) is 5.12. The number of hydrogen-bond donors (Lipinski definition) is 1. The van der Waals surface area contributed by atoms with E-state index >= 15 is 0 Å². The molecule has 4 rings (SSSR count). The van der Waals surface area contributed by atoms with Crippen molar-refractivity contribution in [3.8, 4) is 16.9 Å². The third-order valence-corrected chi connectivity index (χ3v) is 6.56. The number of benzene rings is 3. The predicted molar refractivity (Wildman–Crippen MR) is 114 cm³/mol. The highest BCUT2D eigenvalue weighted by atomic mass is 32.2. The van der Waals surface area contributed by atoms with Crippen molar-refractivity contribution < 1.29 is 26.7 Å². The molecule has 3 aromatic carbocycles. The summed E-state index contributed by atoms with van der Waals surface area (Å²) in [7, 11) is -2.87. The second kappa shape index (κ2) is 8.28. The number of anilines is 1. The van der Waals surface area contributed by atoms with Crippen molar-refractivity contribution >= 4 is 15.7 Å². The molecule has 1 N–H and O–H groups in total. The lowest BCUT2D eigenvalue weighted by Crippen LogP contribution is -2.17. The second-order valence-electron chi connectivity index (χ2n) is 7.32. The van der Waals surface area contributed by atoms with Crippen LogP contribution in [0.5, 0.6) is 5.75 Å². The topological polar surface area (TPSA) is 64.6 Å². The quantitative estimate of drug-likeness (QED) is 0.583. The Morgan fingerprint density at radius 1 is 1.03 bits per heavy atom. The maximum Gasteiger partial charge on any atom is 0.265 e. The molecule has 0 radical (unpaired) electrons. The van der Waals surface area contributed by atoms with E-state index in [1.165, 1.54) is 19.2 Å². The number of halogens is 2. The number of methoxy groups -OCH3 is 1. The lowest BCUT2D eigenvalue weighted by Gasteiger charge is -2.18. The Balaban J connectivity index is 1.94. The van der Waals surface area contributed by atoms with Gasteiger partial charge in [-0.1, -0.05) is 30.3 Å². The van der Waals surface area contributed by atoms with Gasteiger partial charge in [0.1, 0.15) is 22.3 Å². The van der Waals surface area contributed by atoms with E-state index in [1.54, 1.807) is 25.1 Å². The molecule has 3 aromatic rings. The van der Waals surface area contributed by atoms with E-state index in [0.29, 0.717) is 35.8 Å². The summed E-state index contributed by atoms with van der Waals surface area (Å²) in [5, 5.41) is 0. The minimum absolute atomic E-state index is 0.101. The van der Waals surface area contributed by atoms with Gasteiger partial charge in [0.25, 0.3) is 10.0 Å². The average molecular weight is 445 g/mol. The van der Waals surface area contributed by atoms with Gasteiger partial charge >= 0.3 is 0 Å². The van der Waals surface area contributed by atoms with Crippen LogP contribution in [0.1, 0.15) is 16.7 Å². The van der Waals surface area contributed by atoms with Crippen LogP contribution in [0.25, 0.3) is 11.1 Å². The number of rotatable bonds is 1. The van der Waals surface area contributed by atoms with Crippen LogP contribution in [0.2, 0.25) is 0 Å². The number of ether oxygens (including phenoxy) is 2. The van der Waals surface area contributed by atoms with Gasteiger partial charge in [0.2, 0.25) is 0 Å². The molecule has 1 heterocycles. The van der Waals surface area contributed by atoms with Gasteiger partial charge in [-0.3, -0.25) is 4.72 Å². The van der Waals surface area contributed by atoms with Gasteiger partial charge < -0.3 is 9.47 Å². The first kappa shape index (κ1) is 21.3. The highest BCUT2D eigenvalue weighted by molar-refractivity contribution is 7.92. The van der Waals surface area contributed by atoms with Crippen LogP contribution in [0, 0.1) is 18.6 Å². The van der Waals surface area contributed by atoms with E-state index in [9.17, 15) is 17.2 Å². The van der Waals surface area contributed by atoms with Gasteiger partial charge in [-0.05, 0) is 47.7 Å². The Morgan fingerprint density at radius 2 is 1.81 bits per heavy atom. The molecule has 0 fully saturated rings. The zero-order valence-corrected chi connectivity index (χ0v) is 17.9. The maximum absolute atomic E-state index is 14.7. The third kappa shape index (κ3) is 4.13. The van der Waals surface area contributed by atoms with Gasteiger partial charge in [0.15, 0.2) is 0 Å². The number of sulfonamides is 1. The van der Waals surface area contributed by atoms with Gasteiger partial charge in [0, 0.05) is 11.6 Å². The fourth-order valence-electron chi connectivity index (χ4n) is 3.76. The predicted octanol–water partition coefficient (Wildman–Crippen LogP) is 4.82. The number of nitrogens with one attached hydrogen (secondary N) is 1. The Hall–Kier alpha value is -2.97. The Bertz CT molecular complexity index is 1260. The van der Waals surface area contributed by atoms with Crippen LogP contribution in [-0.4, -0.2) is 22.1 Å². The van der Waals surface area contributed by atoms with E-state index < -0.39 is 21.7 Å². The summed E-state index contributed by atoms with van der Waals surface area (Å²) in [6, 6.07) is 12.2. The van der Waals surface area contributed by atoms with Gasteiger partial charge in [-0.15, -0.1) is 0 Å². The van der Waals surface area contributed by atoms with Gasteiger partial charge in [-0.25, -0.2) is 17.2 Å². The van der Waals surface area contributed by atoms with Crippen LogP contribution in [0.3, 0.4) is 0 Å². The van der Waals surface area contributed by atoms with Crippen molar-refractivity contribution in [2.75, 3.05) is 18.4 Å². The lowest BCUT2D eigenvalue weighted by atomic mass is 9.97. The minimum atomic E-state index is -4.24. The Morgan fingerprint density at radius 3 is 2.58 bits per heavy atom. The van der Waals surface area contributed by atoms with Crippen LogP contribution < -0.4 is 9.46 Å².